The first-order valence-corrected chi connectivity index (χ1v) is 7.71. The fourth-order valence-electron chi connectivity index (χ4n) is 1.77. The number of ether oxygens (including phenoxy) is 2. The highest BCUT2D eigenvalue weighted by molar-refractivity contribution is 9.10. The largest absolute Gasteiger partial charge is 0.486 e. The van der Waals surface area contributed by atoms with Crippen molar-refractivity contribution in [1.29, 1.82) is 0 Å². The first-order valence-electron chi connectivity index (χ1n) is 6.54. The summed E-state index contributed by atoms with van der Waals surface area (Å²) in [5.74, 6) is -0.337. The number of benzene rings is 2. The van der Waals surface area contributed by atoms with E-state index in [1.165, 1.54) is 18.2 Å². The Labute approximate surface area is 141 Å². The molecule has 0 bridgehead atoms. The molecule has 0 fully saturated rings. The third-order valence-corrected chi connectivity index (χ3v) is 3.68. The molecule has 0 unspecified atom stereocenters. The van der Waals surface area contributed by atoms with Crippen LogP contribution >= 0.6 is 27.5 Å². The van der Waals surface area contributed by atoms with Gasteiger partial charge in [-0.3, -0.25) is 0 Å². The Hall–Kier alpha value is -1.59. The SMILES string of the molecule is CCOC(=O)c1cc(Cl)c(OCc2ccc(F)cc2)c(Br)c1. The second kappa shape index (κ2) is 7.61. The average Bonchev–Trinajstić information content (AvgIpc) is 2.48. The van der Waals surface area contributed by atoms with Crippen molar-refractivity contribution in [1.82, 2.24) is 0 Å². The van der Waals surface area contributed by atoms with Crippen LogP contribution in [0.15, 0.2) is 40.9 Å². The minimum absolute atomic E-state index is 0.233. The van der Waals surface area contributed by atoms with Crippen LogP contribution in [0.1, 0.15) is 22.8 Å². The summed E-state index contributed by atoms with van der Waals surface area (Å²) in [4.78, 5) is 11.7. The van der Waals surface area contributed by atoms with E-state index in [1.807, 2.05) is 0 Å². The lowest BCUT2D eigenvalue weighted by Crippen LogP contribution is -2.05. The van der Waals surface area contributed by atoms with Crippen molar-refractivity contribution in [2.45, 2.75) is 13.5 Å². The Morgan fingerprint density at radius 3 is 2.55 bits per heavy atom. The van der Waals surface area contributed by atoms with Crippen LogP contribution in [-0.4, -0.2) is 12.6 Å². The normalized spacial score (nSPS) is 10.4. The molecule has 2 aromatic rings. The van der Waals surface area contributed by atoms with Crippen LogP contribution in [0.25, 0.3) is 0 Å². The van der Waals surface area contributed by atoms with Gasteiger partial charge in [-0.25, -0.2) is 9.18 Å². The second-order valence-corrected chi connectivity index (χ2v) is 5.67. The van der Waals surface area contributed by atoms with Crippen molar-refractivity contribution in [2.24, 2.45) is 0 Å². The lowest BCUT2D eigenvalue weighted by molar-refractivity contribution is 0.0526. The van der Waals surface area contributed by atoms with Crippen molar-refractivity contribution < 1.29 is 18.7 Å². The number of hydrogen-bond acceptors (Lipinski definition) is 3. The van der Waals surface area contributed by atoms with Gasteiger partial charge in [-0.1, -0.05) is 23.7 Å². The topological polar surface area (TPSA) is 35.5 Å². The quantitative estimate of drug-likeness (QED) is 0.678. The molecule has 0 amide bonds. The van der Waals surface area contributed by atoms with E-state index in [1.54, 1.807) is 25.1 Å². The Morgan fingerprint density at radius 2 is 1.95 bits per heavy atom. The Bertz CT molecular complexity index is 651. The van der Waals surface area contributed by atoms with E-state index in [4.69, 9.17) is 21.1 Å². The third kappa shape index (κ3) is 4.21. The number of halogens is 3. The van der Waals surface area contributed by atoms with Crippen LogP contribution in [0, 0.1) is 5.82 Å². The standard InChI is InChI=1S/C16H13BrClFO3/c1-2-21-16(20)11-7-13(17)15(14(18)8-11)22-9-10-3-5-12(19)6-4-10/h3-8H,2,9H2,1H3. The van der Waals surface area contributed by atoms with Gasteiger partial charge in [0.1, 0.15) is 12.4 Å². The molecule has 22 heavy (non-hydrogen) atoms. The number of esters is 1. The maximum absolute atomic E-state index is 12.8. The minimum Gasteiger partial charge on any atom is -0.486 e. The summed E-state index contributed by atoms with van der Waals surface area (Å²) in [6.45, 7) is 2.25. The summed E-state index contributed by atoms with van der Waals surface area (Å²) in [6, 6.07) is 9.06. The van der Waals surface area contributed by atoms with E-state index in [9.17, 15) is 9.18 Å². The van der Waals surface area contributed by atoms with E-state index in [0.717, 1.165) is 5.56 Å². The smallest absolute Gasteiger partial charge is 0.338 e. The molecule has 0 radical (unpaired) electrons. The van der Waals surface area contributed by atoms with Crippen LogP contribution in [0.4, 0.5) is 4.39 Å². The van der Waals surface area contributed by atoms with Gasteiger partial charge in [0, 0.05) is 0 Å². The summed E-state index contributed by atoms with van der Waals surface area (Å²) in [5.41, 5.74) is 1.15. The summed E-state index contributed by atoms with van der Waals surface area (Å²) >= 11 is 9.47. The molecule has 116 valence electrons. The van der Waals surface area contributed by atoms with E-state index in [0.29, 0.717) is 20.8 Å². The number of carbonyl (C=O) groups is 1. The molecule has 0 saturated heterocycles. The van der Waals surface area contributed by atoms with Gasteiger partial charge in [0.2, 0.25) is 0 Å². The zero-order valence-electron chi connectivity index (χ0n) is 11.7. The second-order valence-electron chi connectivity index (χ2n) is 4.40. The van der Waals surface area contributed by atoms with Gasteiger partial charge in [-0.2, -0.15) is 0 Å². The Balaban J connectivity index is 2.14. The van der Waals surface area contributed by atoms with E-state index < -0.39 is 5.97 Å². The highest BCUT2D eigenvalue weighted by atomic mass is 79.9. The van der Waals surface area contributed by atoms with Gasteiger partial charge in [-0.15, -0.1) is 0 Å². The molecular formula is C16H13BrClFO3. The predicted molar refractivity (Wildman–Crippen MR) is 85.8 cm³/mol. The lowest BCUT2D eigenvalue weighted by Gasteiger charge is -2.12. The molecule has 0 N–H and O–H groups in total. The molecule has 3 nitrogen and oxygen atoms in total. The molecule has 2 rings (SSSR count). The zero-order valence-corrected chi connectivity index (χ0v) is 14.1. The van der Waals surface area contributed by atoms with Crippen LogP contribution in [-0.2, 0) is 11.3 Å². The fraction of sp³-hybridized carbons (Fsp3) is 0.188. The first-order chi connectivity index (χ1) is 10.5. The molecule has 0 atom stereocenters. The summed E-state index contributed by atoms with van der Waals surface area (Å²) in [7, 11) is 0. The van der Waals surface area contributed by atoms with Gasteiger partial charge >= 0.3 is 5.97 Å². The van der Waals surface area contributed by atoms with Crippen LogP contribution in [0.5, 0.6) is 5.75 Å². The highest BCUT2D eigenvalue weighted by Gasteiger charge is 2.14. The first kappa shape index (κ1) is 16.8. The average molecular weight is 388 g/mol. The molecule has 0 aromatic heterocycles. The highest BCUT2D eigenvalue weighted by Crippen LogP contribution is 2.35. The number of hydrogen-bond donors (Lipinski definition) is 0. The maximum atomic E-state index is 12.8. The Morgan fingerprint density at radius 1 is 1.27 bits per heavy atom. The molecule has 0 spiro atoms. The molecule has 2 aromatic carbocycles. The summed E-state index contributed by atoms with van der Waals surface area (Å²) in [5, 5.41) is 0.291. The number of rotatable bonds is 5. The van der Waals surface area contributed by atoms with Crippen molar-refractivity contribution in [3.05, 3.63) is 62.8 Å². The molecule has 0 saturated carbocycles. The predicted octanol–water partition coefficient (Wildman–Crippen LogP) is 5.00. The monoisotopic (exact) mass is 386 g/mol. The van der Waals surface area contributed by atoms with Crippen LogP contribution in [0.3, 0.4) is 0 Å². The fourth-order valence-corrected chi connectivity index (χ4v) is 2.73. The molecule has 0 aliphatic carbocycles. The van der Waals surface area contributed by atoms with Crippen LogP contribution < -0.4 is 4.74 Å². The van der Waals surface area contributed by atoms with E-state index in [-0.39, 0.29) is 19.0 Å². The third-order valence-electron chi connectivity index (χ3n) is 2.81. The van der Waals surface area contributed by atoms with E-state index in [2.05, 4.69) is 15.9 Å². The van der Waals surface area contributed by atoms with Gasteiger partial charge < -0.3 is 9.47 Å². The molecule has 6 heteroatoms. The minimum atomic E-state index is -0.449. The lowest BCUT2D eigenvalue weighted by atomic mass is 10.2. The molecule has 0 aliphatic rings. The summed E-state index contributed by atoms with van der Waals surface area (Å²) in [6.07, 6.45) is 0. The number of carbonyl (C=O) groups excluding carboxylic acids is 1. The van der Waals surface area contributed by atoms with Gasteiger partial charge in [0.25, 0.3) is 0 Å². The van der Waals surface area contributed by atoms with Gasteiger partial charge in [0.05, 0.1) is 21.7 Å². The van der Waals surface area contributed by atoms with Crippen molar-refractivity contribution >= 4 is 33.5 Å². The van der Waals surface area contributed by atoms with Crippen molar-refractivity contribution in [3.63, 3.8) is 0 Å². The maximum Gasteiger partial charge on any atom is 0.338 e. The van der Waals surface area contributed by atoms with Gasteiger partial charge in [-0.05, 0) is 52.7 Å². The van der Waals surface area contributed by atoms with Crippen molar-refractivity contribution in [2.75, 3.05) is 6.61 Å². The summed E-state index contributed by atoms with van der Waals surface area (Å²) < 4.78 is 24.0. The van der Waals surface area contributed by atoms with Crippen LogP contribution in [0.2, 0.25) is 5.02 Å². The van der Waals surface area contributed by atoms with E-state index >= 15 is 0 Å². The van der Waals surface area contributed by atoms with Gasteiger partial charge in [0.15, 0.2) is 5.75 Å². The Kier molecular flexibility index (Phi) is 5.80. The molecule has 0 aliphatic heterocycles. The van der Waals surface area contributed by atoms with Crippen molar-refractivity contribution in [3.8, 4) is 5.75 Å². The zero-order chi connectivity index (χ0) is 16.1. The molecular weight excluding hydrogens is 375 g/mol. The molecule has 0 heterocycles.